The summed E-state index contributed by atoms with van der Waals surface area (Å²) in [5.41, 5.74) is 0.605. The quantitative estimate of drug-likeness (QED) is 0.863. The number of nitrogens with one attached hydrogen (secondary N) is 1. The molecule has 0 radical (unpaired) electrons. The zero-order valence-corrected chi connectivity index (χ0v) is 11.4. The lowest BCUT2D eigenvalue weighted by Crippen LogP contribution is -2.38. The van der Waals surface area contributed by atoms with E-state index in [-0.39, 0.29) is 5.91 Å². The molecule has 0 aliphatic carbocycles. The summed E-state index contributed by atoms with van der Waals surface area (Å²) in [5, 5.41) is 2.95. The molecule has 1 N–H and O–H groups in total. The first kappa shape index (κ1) is 12.5. The normalized spacial score (nSPS) is 20.5. The Balaban J connectivity index is 1.87. The fraction of sp³-hybridized carbons (Fsp3) is 0.500. The van der Waals surface area contributed by atoms with Gasteiger partial charge < -0.3 is 10.2 Å². The van der Waals surface area contributed by atoms with Crippen molar-refractivity contribution in [1.29, 1.82) is 0 Å². The van der Waals surface area contributed by atoms with Crippen LogP contribution in [0.2, 0.25) is 0 Å². The summed E-state index contributed by atoms with van der Waals surface area (Å²) >= 11 is 3.25. The fourth-order valence-electron chi connectivity index (χ4n) is 2.06. The summed E-state index contributed by atoms with van der Waals surface area (Å²) in [6, 6.07) is 4.02. The van der Waals surface area contributed by atoms with E-state index in [0.29, 0.717) is 18.2 Å². The van der Waals surface area contributed by atoms with Crippen molar-refractivity contribution in [2.75, 3.05) is 20.1 Å². The van der Waals surface area contributed by atoms with Crippen LogP contribution in [0.3, 0.4) is 0 Å². The molecule has 0 aromatic carbocycles. The number of aromatic nitrogens is 1. The second-order valence-corrected chi connectivity index (χ2v) is 5.17. The van der Waals surface area contributed by atoms with E-state index >= 15 is 0 Å². The van der Waals surface area contributed by atoms with Crippen molar-refractivity contribution in [3.05, 3.63) is 28.5 Å². The van der Waals surface area contributed by atoms with Gasteiger partial charge in [0.05, 0.1) is 5.56 Å². The first-order valence-corrected chi connectivity index (χ1v) is 6.56. The summed E-state index contributed by atoms with van der Waals surface area (Å²) in [7, 11) is 2.10. The van der Waals surface area contributed by atoms with E-state index in [1.807, 2.05) is 0 Å². The molecule has 0 bridgehead atoms. The Morgan fingerprint density at radius 2 is 2.47 bits per heavy atom. The average Bonchev–Trinajstić information content (AvgIpc) is 2.73. The smallest absolute Gasteiger partial charge is 0.252 e. The summed E-state index contributed by atoms with van der Waals surface area (Å²) < 4.78 is 0.740. The average molecular weight is 298 g/mol. The summed E-state index contributed by atoms with van der Waals surface area (Å²) in [6.45, 7) is 1.84. The largest absolute Gasteiger partial charge is 0.350 e. The molecular formula is C12H16BrN3O. The number of pyridine rings is 1. The highest BCUT2D eigenvalue weighted by Gasteiger charge is 2.21. The fourth-order valence-corrected chi connectivity index (χ4v) is 2.29. The molecule has 4 nitrogen and oxygen atoms in total. The Bertz CT molecular complexity index is 393. The maximum absolute atomic E-state index is 11.8. The van der Waals surface area contributed by atoms with Crippen molar-refractivity contribution >= 4 is 21.8 Å². The molecule has 1 atom stereocenters. The molecule has 1 saturated heterocycles. The Morgan fingerprint density at radius 3 is 3.06 bits per heavy atom. The summed E-state index contributed by atoms with van der Waals surface area (Å²) in [5.74, 6) is -0.0506. The number of hydrogen-bond acceptors (Lipinski definition) is 3. The van der Waals surface area contributed by atoms with Gasteiger partial charge in [0.25, 0.3) is 5.91 Å². The van der Waals surface area contributed by atoms with E-state index in [2.05, 4.69) is 38.2 Å². The number of hydrogen-bond donors (Lipinski definition) is 1. The van der Waals surface area contributed by atoms with Gasteiger partial charge in [0.2, 0.25) is 0 Å². The van der Waals surface area contributed by atoms with Gasteiger partial charge in [-0.2, -0.15) is 0 Å². The number of carbonyl (C=O) groups excluding carboxylic acids is 1. The molecule has 1 aromatic rings. The molecule has 1 aliphatic heterocycles. The first-order chi connectivity index (χ1) is 8.16. The van der Waals surface area contributed by atoms with Gasteiger partial charge in [-0.1, -0.05) is 0 Å². The van der Waals surface area contributed by atoms with Crippen LogP contribution in [0, 0.1) is 0 Å². The zero-order valence-electron chi connectivity index (χ0n) is 9.82. The minimum absolute atomic E-state index is 0.0506. The highest BCUT2D eigenvalue weighted by molar-refractivity contribution is 9.10. The number of carbonyl (C=O) groups is 1. The van der Waals surface area contributed by atoms with E-state index in [1.165, 1.54) is 6.42 Å². The predicted octanol–water partition coefficient (Wildman–Crippen LogP) is 1.67. The number of halogens is 1. The molecule has 1 amide bonds. The summed E-state index contributed by atoms with van der Waals surface area (Å²) in [6.07, 6.45) is 3.96. The molecule has 1 aliphatic rings. The van der Waals surface area contributed by atoms with E-state index in [0.717, 1.165) is 17.6 Å². The zero-order chi connectivity index (χ0) is 12.3. The van der Waals surface area contributed by atoms with E-state index < -0.39 is 0 Å². The molecule has 0 saturated carbocycles. The number of likely N-dealkylation sites (N-methyl/N-ethyl adjacent to an activating group) is 1. The van der Waals surface area contributed by atoms with Crippen molar-refractivity contribution < 1.29 is 4.79 Å². The minimum atomic E-state index is -0.0506. The molecule has 5 heteroatoms. The number of amides is 1. The van der Waals surface area contributed by atoms with Crippen molar-refractivity contribution in [3.63, 3.8) is 0 Å². The van der Waals surface area contributed by atoms with Gasteiger partial charge in [0.1, 0.15) is 4.60 Å². The van der Waals surface area contributed by atoms with Gasteiger partial charge in [0, 0.05) is 18.8 Å². The van der Waals surface area contributed by atoms with Crippen molar-refractivity contribution in [3.8, 4) is 0 Å². The highest BCUT2D eigenvalue weighted by Crippen LogP contribution is 2.13. The van der Waals surface area contributed by atoms with Crippen LogP contribution in [0.25, 0.3) is 0 Å². The van der Waals surface area contributed by atoms with Gasteiger partial charge in [-0.05, 0) is 54.5 Å². The number of nitrogens with zero attached hydrogens (tertiary/aromatic N) is 2. The third-order valence-electron chi connectivity index (χ3n) is 3.16. The number of rotatable bonds is 3. The van der Waals surface area contributed by atoms with Gasteiger partial charge in [0.15, 0.2) is 0 Å². The van der Waals surface area contributed by atoms with Crippen molar-refractivity contribution in [2.45, 2.75) is 18.9 Å². The highest BCUT2D eigenvalue weighted by atomic mass is 79.9. The molecule has 1 unspecified atom stereocenters. The maximum Gasteiger partial charge on any atom is 0.252 e. The van der Waals surface area contributed by atoms with E-state index in [1.54, 1.807) is 18.3 Å². The lowest BCUT2D eigenvalue weighted by atomic mass is 10.2. The Labute approximate surface area is 110 Å². The molecule has 0 spiro atoms. The van der Waals surface area contributed by atoms with Crippen LogP contribution in [0.4, 0.5) is 0 Å². The first-order valence-electron chi connectivity index (χ1n) is 5.77. The molecule has 92 valence electrons. The minimum Gasteiger partial charge on any atom is -0.350 e. The second-order valence-electron chi connectivity index (χ2n) is 4.36. The van der Waals surface area contributed by atoms with Gasteiger partial charge in [-0.3, -0.25) is 4.79 Å². The van der Waals surface area contributed by atoms with Gasteiger partial charge >= 0.3 is 0 Å². The molecule has 1 aromatic heterocycles. The Morgan fingerprint density at radius 1 is 1.65 bits per heavy atom. The van der Waals surface area contributed by atoms with Crippen LogP contribution >= 0.6 is 15.9 Å². The van der Waals surface area contributed by atoms with Gasteiger partial charge in [-0.25, -0.2) is 4.98 Å². The van der Waals surface area contributed by atoms with Crippen LogP contribution < -0.4 is 5.32 Å². The standard InChI is InChI=1S/C12H16BrN3O/c1-16-6-2-3-10(16)8-15-12(17)9-4-5-11(13)14-7-9/h4-5,7,10H,2-3,6,8H2,1H3,(H,15,17). The lowest BCUT2D eigenvalue weighted by Gasteiger charge is -2.19. The predicted molar refractivity (Wildman–Crippen MR) is 69.9 cm³/mol. The Kier molecular flexibility index (Phi) is 4.12. The summed E-state index contributed by atoms with van der Waals surface area (Å²) in [4.78, 5) is 18.2. The van der Waals surface area contributed by atoms with Crippen LogP contribution in [-0.2, 0) is 0 Å². The van der Waals surface area contributed by atoms with Gasteiger partial charge in [-0.15, -0.1) is 0 Å². The van der Waals surface area contributed by atoms with Crippen LogP contribution in [0.1, 0.15) is 23.2 Å². The van der Waals surface area contributed by atoms with Crippen LogP contribution in [-0.4, -0.2) is 42.0 Å². The van der Waals surface area contributed by atoms with Crippen LogP contribution in [0.5, 0.6) is 0 Å². The molecule has 2 rings (SSSR count). The molecule has 17 heavy (non-hydrogen) atoms. The SMILES string of the molecule is CN1CCCC1CNC(=O)c1ccc(Br)nc1. The third-order valence-corrected chi connectivity index (χ3v) is 3.63. The molecule has 1 fully saturated rings. The van der Waals surface area contributed by atoms with Crippen molar-refractivity contribution in [1.82, 2.24) is 15.2 Å². The monoisotopic (exact) mass is 297 g/mol. The topological polar surface area (TPSA) is 45.2 Å². The maximum atomic E-state index is 11.8. The second kappa shape index (κ2) is 5.60. The molecular weight excluding hydrogens is 282 g/mol. The van der Waals surface area contributed by atoms with Crippen LogP contribution in [0.15, 0.2) is 22.9 Å². The third kappa shape index (κ3) is 3.26. The lowest BCUT2D eigenvalue weighted by molar-refractivity contribution is 0.0943. The van der Waals surface area contributed by atoms with E-state index in [9.17, 15) is 4.79 Å². The Hall–Kier alpha value is -0.940. The van der Waals surface area contributed by atoms with E-state index in [4.69, 9.17) is 0 Å². The van der Waals surface area contributed by atoms with Crippen molar-refractivity contribution in [2.24, 2.45) is 0 Å². The number of likely N-dealkylation sites (tertiary alicyclic amines) is 1. The molecule has 2 heterocycles.